The van der Waals surface area contributed by atoms with Crippen LogP contribution in [0.25, 0.3) is 0 Å². The molecule has 37 heavy (non-hydrogen) atoms. The molecule has 2 aromatic carbocycles. The first-order valence-corrected chi connectivity index (χ1v) is 12.5. The summed E-state index contributed by atoms with van der Waals surface area (Å²) < 4.78 is 1.73. The molecule has 2 aliphatic heterocycles. The molecule has 9 heteroatoms. The first-order valence-electron chi connectivity index (χ1n) is 12.5. The number of nitrogens with zero attached hydrogens (tertiary/aromatic N) is 5. The highest BCUT2D eigenvalue weighted by molar-refractivity contribution is 6.08. The summed E-state index contributed by atoms with van der Waals surface area (Å²) in [6.45, 7) is 2.96. The predicted molar refractivity (Wildman–Crippen MR) is 139 cm³/mol. The lowest BCUT2D eigenvalue weighted by molar-refractivity contribution is -0.139. The SMILES string of the molecule is C[C@H](/C=C/CCn1cc(C(CO)c2ccccc2)nn1)[C@@]1(O)C(=O)N(C)c2ccc(N3CCC3=O)cc21. The summed E-state index contributed by atoms with van der Waals surface area (Å²) in [6.07, 6.45) is 6.75. The summed E-state index contributed by atoms with van der Waals surface area (Å²) >= 11 is 0. The number of allylic oxidation sites excluding steroid dienone is 1. The Kier molecular flexibility index (Phi) is 6.66. The molecule has 0 radical (unpaired) electrons. The van der Waals surface area contributed by atoms with Crippen molar-refractivity contribution >= 4 is 23.2 Å². The molecule has 2 amide bonds. The van der Waals surface area contributed by atoms with E-state index in [9.17, 15) is 19.8 Å². The maximum absolute atomic E-state index is 13.1. The number of aliphatic hydroxyl groups is 2. The third kappa shape index (κ3) is 4.34. The molecule has 1 unspecified atom stereocenters. The van der Waals surface area contributed by atoms with Gasteiger partial charge < -0.3 is 20.0 Å². The number of carbonyl (C=O) groups excluding carboxylic acids is 2. The third-order valence-electron chi connectivity index (χ3n) is 7.45. The van der Waals surface area contributed by atoms with Gasteiger partial charge in [-0.1, -0.05) is 54.6 Å². The van der Waals surface area contributed by atoms with Gasteiger partial charge in [-0.15, -0.1) is 5.10 Å². The van der Waals surface area contributed by atoms with E-state index in [2.05, 4.69) is 10.3 Å². The lowest BCUT2D eigenvalue weighted by Crippen LogP contribution is -2.44. The van der Waals surface area contributed by atoms with Gasteiger partial charge in [-0.2, -0.15) is 0 Å². The number of likely N-dealkylation sites (N-methyl/N-ethyl adjacent to an activating group) is 1. The van der Waals surface area contributed by atoms with Crippen molar-refractivity contribution in [2.24, 2.45) is 5.92 Å². The van der Waals surface area contributed by atoms with E-state index >= 15 is 0 Å². The standard InChI is InChI=1S/C28H31N5O4/c1-19(8-6-7-14-32-17-24(29-30-32)22(18-34)20-9-4-3-5-10-20)28(37)23-16-21(33-15-13-26(33)35)11-12-25(23)31(2)27(28)36/h3-6,8-12,16-17,19,22,34,37H,7,13-15,18H2,1-2H3/b8-6+/t19-,22?,28+/m1/s1. The summed E-state index contributed by atoms with van der Waals surface area (Å²) in [6, 6.07) is 15.1. The molecule has 3 heterocycles. The maximum Gasteiger partial charge on any atom is 0.264 e. The van der Waals surface area contributed by atoms with Gasteiger partial charge in [0.25, 0.3) is 5.91 Å². The van der Waals surface area contributed by atoms with Crippen LogP contribution in [0, 0.1) is 5.92 Å². The maximum atomic E-state index is 13.1. The Hall–Kier alpha value is -3.82. The Morgan fingerprint density at radius 1 is 1.16 bits per heavy atom. The van der Waals surface area contributed by atoms with Gasteiger partial charge >= 0.3 is 0 Å². The molecular weight excluding hydrogens is 470 g/mol. The van der Waals surface area contributed by atoms with Crippen LogP contribution in [-0.2, 0) is 21.7 Å². The van der Waals surface area contributed by atoms with Crippen LogP contribution >= 0.6 is 0 Å². The van der Waals surface area contributed by atoms with Crippen LogP contribution < -0.4 is 9.80 Å². The molecule has 3 aromatic rings. The Morgan fingerprint density at radius 2 is 1.95 bits per heavy atom. The second kappa shape index (κ2) is 9.91. The molecule has 1 fully saturated rings. The number of benzene rings is 2. The predicted octanol–water partition coefficient (Wildman–Crippen LogP) is 2.59. The van der Waals surface area contributed by atoms with Crippen molar-refractivity contribution in [3.63, 3.8) is 0 Å². The molecule has 3 atom stereocenters. The zero-order chi connectivity index (χ0) is 26.2. The Labute approximate surface area is 215 Å². The molecule has 0 aliphatic carbocycles. The Balaban J connectivity index is 1.27. The van der Waals surface area contributed by atoms with Crippen molar-refractivity contribution in [1.82, 2.24) is 15.0 Å². The number of hydrogen-bond donors (Lipinski definition) is 2. The quantitative estimate of drug-likeness (QED) is 0.344. The molecule has 2 aliphatic rings. The molecule has 1 aromatic heterocycles. The minimum Gasteiger partial charge on any atom is -0.395 e. The van der Waals surface area contributed by atoms with E-state index in [1.807, 2.05) is 61.7 Å². The van der Waals surface area contributed by atoms with Gasteiger partial charge in [0, 0.05) is 49.9 Å². The topological polar surface area (TPSA) is 112 Å². The molecule has 2 N–H and O–H groups in total. The Morgan fingerprint density at radius 3 is 2.62 bits per heavy atom. The average molecular weight is 502 g/mol. The van der Waals surface area contributed by atoms with Crippen molar-refractivity contribution in [2.75, 3.05) is 30.0 Å². The van der Waals surface area contributed by atoms with E-state index in [0.717, 1.165) is 5.56 Å². The van der Waals surface area contributed by atoms with E-state index in [4.69, 9.17) is 0 Å². The number of carbonyl (C=O) groups is 2. The minimum atomic E-state index is -1.71. The molecule has 1 saturated heterocycles. The fourth-order valence-electron chi connectivity index (χ4n) is 5.08. The largest absolute Gasteiger partial charge is 0.395 e. The summed E-state index contributed by atoms with van der Waals surface area (Å²) in [5.41, 5.74) is 1.84. The number of aliphatic hydroxyl groups excluding tert-OH is 1. The highest BCUT2D eigenvalue weighted by Gasteiger charge is 2.51. The number of aryl methyl sites for hydroxylation is 1. The number of hydrogen-bond acceptors (Lipinski definition) is 6. The van der Waals surface area contributed by atoms with Crippen LogP contribution in [-0.4, -0.2) is 57.2 Å². The van der Waals surface area contributed by atoms with E-state index in [1.165, 1.54) is 4.90 Å². The second-order valence-corrected chi connectivity index (χ2v) is 9.69. The first-order chi connectivity index (χ1) is 17.8. The van der Waals surface area contributed by atoms with Gasteiger partial charge in [0.15, 0.2) is 5.60 Å². The van der Waals surface area contributed by atoms with E-state index in [-0.39, 0.29) is 24.3 Å². The van der Waals surface area contributed by atoms with Gasteiger partial charge in [0.2, 0.25) is 5.91 Å². The number of amides is 2. The minimum absolute atomic E-state index is 0.0412. The fourth-order valence-corrected chi connectivity index (χ4v) is 5.08. The van der Waals surface area contributed by atoms with Gasteiger partial charge in [0.05, 0.1) is 23.9 Å². The summed E-state index contributed by atoms with van der Waals surface area (Å²) in [5, 5.41) is 29.9. The fraction of sp³-hybridized carbons (Fsp3) is 0.357. The van der Waals surface area contributed by atoms with Crippen molar-refractivity contribution in [3.8, 4) is 0 Å². The lowest BCUT2D eigenvalue weighted by Gasteiger charge is -2.32. The van der Waals surface area contributed by atoms with Crippen molar-refractivity contribution in [2.45, 2.75) is 37.8 Å². The zero-order valence-electron chi connectivity index (χ0n) is 21.0. The summed E-state index contributed by atoms with van der Waals surface area (Å²) in [4.78, 5) is 28.2. The lowest BCUT2D eigenvalue weighted by atomic mass is 9.82. The van der Waals surface area contributed by atoms with Crippen molar-refractivity contribution in [3.05, 3.63) is 83.7 Å². The molecule has 9 nitrogen and oxygen atoms in total. The summed E-state index contributed by atoms with van der Waals surface area (Å²) in [5.74, 6) is -1.07. The molecular formula is C28H31N5O4. The van der Waals surface area contributed by atoms with Crippen molar-refractivity contribution in [1.29, 1.82) is 0 Å². The van der Waals surface area contributed by atoms with Crippen molar-refractivity contribution < 1.29 is 19.8 Å². The number of rotatable bonds is 9. The highest BCUT2D eigenvalue weighted by atomic mass is 16.3. The highest BCUT2D eigenvalue weighted by Crippen LogP contribution is 2.46. The number of anilines is 2. The second-order valence-electron chi connectivity index (χ2n) is 9.69. The monoisotopic (exact) mass is 501 g/mol. The van der Waals surface area contributed by atoms with Gasteiger partial charge in [-0.05, 0) is 30.2 Å². The molecule has 0 spiro atoms. The normalized spacial score (nSPS) is 20.9. The van der Waals surface area contributed by atoms with Gasteiger partial charge in [0.1, 0.15) is 0 Å². The van der Waals surface area contributed by atoms with Crippen LogP contribution in [0.15, 0.2) is 66.9 Å². The Bertz CT molecular complexity index is 1340. The van der Waals surface area contributed by atoms with Gasteiger partial charge in [-0.3, -0.25) is 14.3 Å². The smallest absolute Gasteiger partial charge is 0.264 e. The molecule has 5 rings (SSSR count). The van der Waals surface area contributed by atoms with Crippen LogP contribution in [0.3, 0.4) is 0 Å². The number of β-lactam (4-membered cyclic amide) rings is 1. The third-order valence-corrected chi connectivity index (χ3v) is 7.45. The van der Waals surface area contributed by atoms with Gasteiger partial charge in [-0.25, -0.2) is 0 Å². The van der Waals surface area contributed by atoms with E-state index in [1.54, 1.807) is 28.8 Å². The van der Waals surface area contributed by atoms with Crippen LogP contribution in [0.2, 0.25) is 0 Å². The number of fused-ring (bicyclic) bond motifs is 1. The van der Waals surface area contributed by atoms with E-state index < -0.39 is 11.5 Å². The zero-order valence-corrected chi connectivity index (χ0v) is 21.0. The molecule has 192 valence electrons. The van der Waals surface area contributed by atoms with Crippen LogP contribution in [0.4, 0.5) is 11.4 Å². The van der Waals surface area contributed by atoms with E-state index in [0.29, 0.717) is 48.6 Å². The van der Waals surface area contributed by atoms with Crippen LogP contribution in [0.1, 0.15) is 42.5 Å². The first kappa shape index (κ1) is 24.9. The average Bonchev–Trinajstić information content (AvgIpc) is 3.44. The van der Waals surface area contributed by atoms with Crippen LogP contribution in [0.5, 0.6) is 0 Å². The number of aromatic nitrogens is 3. The summed E-state index contributed by atoms with van der Waals surface area (Å²) in [7, 11) is 1.65. The molecule has 0 saturated carbocycles. The molecule has 0 bridgehead atoms.